The van der Waals surface area contributed by atoms with Gasteiger partial charge in [-0.15, -0.1) is 0 Å². The quantitative estimate of drug-likeness (QED) is 0.418. The number of nitrogens with zero attached hydrogens (tertiary/aromatic N) is 2. The van der Waals surface area contributed by atoms with E-state index in [4.69, 9.17) is 0 Å². The van der Waals surface area contributed by atoms with Crippen LogP contribution in [0.15, 0.2) is 35.3 Å². The van der Waals surface area contributed by atoms with Crippen molar-refractivity contribution in [1.82, 2.24) is 10.6 Å². The lowest BCUT2D eigenvalue weighted by Crippen LogP contribution is -2.42. The SMILES string of the molecule is CCNC(=NCCCCN(C)c1ccccc1)NC(C)CC. The van der Waals surface area contributed by atoms with Crippen LogP contribution < -0.4 is 15.5 Å². The van der Waals surface area contributed by atoms with Crippen molar-refractivity contribution in [1.29, 1.82) is 0 Å². The molecule has 2 N–H and O–H groups in total. The van der Waals surface area contributed by atoms with Gasteiger partial charge >= 0.3 is 0 Å². The van der Waals surface area contributed by atoms with E-state index in [1.807, 2.05) is 0 Å². The lowest BCUT2D eigenvalue weighted by molar-refractivity contribution is 0.622. The lowest BCUT2D eigenvalue weighted by atomic mass is 10.2. The molecule has 0 saturated carbocycles. The minimum absolute atomic E-state index is 0.460. The minimum Gasteiger partial charge on any atom is -0.375 e. The van der Waals surface area contributed by atoms with Gasteiger partial charge in [-0.05, 0) is 45.2 Å². The molecule has 1 atom stereocenters. The van der Waals surface area contributed by atoms with Crippen molar-refractivity contribution in [2.24, 2.45) is 4.99 Å². The number of para-hydroxylation sites is 1. The number of benzene rings is 1. The molecule has 22 heavy (non-hydrogen) atoms. The molecule has 0 aliphatic rings. The van der Waals surface area contributed by atoms with E-state index in [1.54, 1.807) is 0 Å². The van der Waals surface area contributed by atoms with Gasteiger partial charge in [0, 0.05) is 38.4 Å². The van der Waals surface area contributed by atoms with Gasteiger partial charge in [-0.3, -0.25) is 4.99 Å². The molecule has 0 fully saturated rings. The molecule has 4 nitrogen and oxygen atoms in total. The first-order chi connectivity index (χ1) is 10.7. The highest BCUT2D eigenvalue weighted by Crippen LogP contribution is 2.11. The van der Waals surface area contributed by atoms with E-state index in [1.165, 1.54) is 5.69 Å². The topological polar surface area (TPSA) is 39.7 Å². The molecule has 124 valence electrons. The minimum atomic E-state index is 0.460. The van der Waals surface area contributed by atoms with Crippen molar-refractivity contribution in [2.45, 2.75) is 46.1 Å². The van der Waals surface area contributed by atoms with Crippen LogP contribution in [0.3, 0.4) is 0 Å². The van der Waals surface area contributed by atoms with Gasteiger partial charge in [0.05, 0.1) is 0 Å². The summed E-state index contributed by atoms with van der Waals surface area (Å²) in [6.45, 7) is 9.30. The molecular formula is C18H32N4. The van der Waals surface area contributed by atoms with Crippen molar-refractivity contribution < 1.29 is 0 Å². The molecule has 0 aromatic heterocycles. The van der Waals surface area contributed by atoms with Crippen LogP contribution in [0.2, 0.25) is 0 Å². The van der Waals surface area contributed by atoms with Crippen LogP contribution in [0.5, 0.6) is 0 Å². The van der Waals surface area contributed by atoms with E-state index in [9.17, 15) is 0 Å². The van der Waals surface area contributed by atoms with Crippen LogP contribution in [0.25, 0.3) is 0 Å². The van der Waals surface area contributed by atoms with E-state index < -0.39 is 0 Å². The maximum Gasteiger partial charge on any atom is 0.191 e. The van der Waals surface area contributed by atoms with Crippen molar-refractivity contribution in [2.75, 3.05) is 31.6 Å². The third kappa shape index (κ3) is 7.34. The number of rotatable bonds is 9. The van der Waals surface area contributed by atoms with Crippen molar-refractivity contribution >= 4 is 11.6 Å². The Balaban J connectivity index is 2.28. The third-order valence-corrected chi connectivity index (χ3v) is 3.71. The van der Waals surface area contributed by atoms with E-state index in [0.29, 0.717) is 6.04 Å². The largest absolute Gasteiger partial charge is 0.375 e. The normalized spacial score (nSPS) is 12.8. The number of nitrogens with one attached hydrogen (secondary N) is 2. The van der Waals surface area contributed by atoms with Gasteiger partial charge in [0.1, 0.15) is 0 Å². The zero-order valence-corrected chi connectivity index (χ0v) is 14.6. The Morgan fingerprint density at radius 3 is 2.55 bits per heavy atom. The first-order valence-corrected chi connectivity index (χ1v) is 8.48. The van der Waals surface area contributed by atoms with E-state index >= 15 is 0 Å². The second-order valence-corrected chi connectivity index (χ2v) is 5.68. The summed E-state index contributed by atoms with van der Waals surface area (Å²) in [6.07, 6.45) is 3.36. The second kappa shape index (κ2) is 10.9. The summed E-state index contributed by atoms with van der Waals surface area (Å²) < 4.78 is 0. The Kier molecular flexibility index (Phi) is 9.12. The number of hydrogen-bond donors (Lipinski definition) is 2. The van der Waals surface area contributed by atoms with Gasteiger partial charge in [0.15, 0.2) is 5.96 Å². The standard InChI is InChI=1S/C18H32N4/c1-5-16(3)21-18(19-6-2)20-14-10-11-15-22(4)17-12-8-7-9-13-17/h7-9,12-13,16H,5-6,10-11,14-15H2,1-4H3,(H2,19,20,21). The molecule has 0 aliphatic carbocycles. The maximum absolute atomic E-state index is 4.65. The Morgan fingerprint density at radius 2 is 1.91 bits per heavy atom. The zero-order chi connectivity index (χ0) is 16.2. The molecule has 0 bridgehead atoms. The average molecular weight is 304 g/mol. The van der Waals surface area contributed by atoms with Crippen molar-refractivity contribution in [3.63, 3.8) is 0 Å². The van der Waals surface area contributed by atoms with Crippen LogP contribution in [-0.4, -0.2) is 38.7 Å². The van der Waals surface area contributed by atoms with E-state index in [0.717, 1.165) is 44.9 Å². The van der Waals surface area contributed by atoms with Crippen LogP contribution >= 0.6 is 0 Å². The summed E-state index contributed by atoms with van der Waals surface area (Å²) in [5.41, 5.74) is 1.28. The summed E-state index contributed by atoms with van der Waals surface area (Å²) in [4.78, 5) is 6.94. The number of unbranched alkanes of at least 4 members (excludes halogenated alkanes) is 1. The molecule has 0 aliphatic heterocycles. The van der Waals surface area contributed by atoms with E-state index in [-0.39, 0.29) is 0 Å². The maximum atomic E-state index is 4.65. The third-order valence-electron chi connectivity index (χ3n) is 3.71. The van der Waals surface area contributed by atoms with Crippen LogP contribution in [0, 0.1) is 0 Å². The molecule has 1 aromatic carbocycles. The Labute approximate surface area is 136 Å². The van der Waals surface area contributed by atoms with Gasteiger partial charge < -0.3 is 15.5 Å². The summed E-state index contributed by atoms with van der Waals surface area (Å²) >= 11 is 0. The molecule has 0 spiro atoms. The van der Waals surface area contributed by atoms with E-state index in [2.05, 4.69) is 78.7 Å². The molecule has 1 aromatic rings. The average Bonchev–Trinajstić information content (AvgIpc) is 2.55. The highest BCUT2D eigenvalue weighted by Gasteiger charge is 2.02. The summed E-state index contributed by atoms with van der Waals surface area (Å²) in [5.74, 6) is 0.938. The molecule has 0 saturated heterocycles. The number of aliphatic imine (C=N–C) groups is 1. The first-order valence-electron chi connectivity index (χ1n) is 8.48. The molecule has 1 unspecified atom stereocenters. The van der Waals surface area contributed by atoms with Gasteiger partial charge in [-0.1, -0.05) is 25.1 Å². The summed E-state index contributed by atoms with van der Waals surface area (Å²) in [7, 11) is 2.15. The number of anilines is 1. The van der Waals surface area contributed by atoms with Gasteiger partial charge in [-0.25, -0.2) is 0 Å². The van der Waals surface area contributed by atoms with Crippen molar-refractivity contribution in [3.8, 4) is 0 Å². The monoisotopic (exact) mass is 304 g/mol. The first kappa shape index (κ1) is 18.3. The van der Waals surface area contributed by atoms with Crippen LogP contribution in [0.4, 0.5) is 5.69 Å². The fourth-order valence-corrected chi connectivity index (χ4v) is 2.12. The van der Waals surface area contributed by atoms with Gasteiger partial charge in [0.25, 0.3) is 0 Å². The second-order valence-electron chi connectivity index (χ2n) is 5.68. The van der Waals surface area contributed by atoms with Gasteiger partial charge in [0.2, 0.25) is 0 Å². The zero-order valence-electron chi connectivity index (χ0n) is 14.6. The predicted molar refractivity (Wildman–Crippen MR) is 97.8 cm³/mol. The molecule has 1 rings (SSSR count). The molecule has 0 amide bonds. The highest BCUT2D eigenvalue weighted by molar-refractivity contribution is 5.79. The summed E-state index contributed by atoms with van der Waals surface area (Å²) in [5, 5.41) is 6.72. The molecular weight excluding hydrogens is 272 g/mol. The summed E-state index contributed by atoms with van der Waals surface area (Å²) in [6, 6.07) is 11.0. The Morgan fingerprint density at radius 1 is 1.18 bits per heavy atom. The van der Waals surface area contributed by atoms with Crippen molar-refractivity contribution in [3.05, 3.63) is 30.3 Å². The molecule has 0 radical (unpaired) electrons. The number of hydrogen-bond acceptors (Lipinski definition) is 2. The van der Waals surface area contributed by atoms with Gasteiger partial charge in [-0.2, -0.15) is 0 Å². The number of guanidine groups is 1. The fourth-order valence-electron chi connectivity index (χ4n) is 2.12. The fraction of sp³-hybridized carbons (Fsp3) is 0.611. The molecule has 4 heteroatoms. The predicted octanol–water partition coefficient (Wildman–Crippen LogP) is 3.26. The Bertz CT molecular complexity index is 416. The van der Waals surface area contributed by atoms with Crippen LogP contribution in [0.1, 0.15) is 40.0 Å². The molecule has 0 heterocycles. The highest BCUT2D eigenvalue weighted by atomic mass is 15.2. The lowest BCUT2D eigenvalue weighted by Gasteiger charge is -2.19. The smallest absolute Gasteiger partial charge is 0.191 e. The van der Waals surface area contributed by atoms with Crippen LogP contribution in [-0.2, 0) is 0 Å². The Hall–Kier alpha value is -1.71.